The average Bonchev–Trinajstić information content (AvgIpc) is 2.82. The van der Waals surface area contributed by atoms with E-state index in [0.717, 1.165) is 5.82 Å². The molecule has 0 atom stereocenters. The molecular weight excluding hydrogens is 260 g/mol. The van der Waals surface area contributed by atoms with E-state index >= 15 is 0 Å². The molecule has 0 aliphatic carbocycles. The molecule has 1 aromatic carbocycles. The molecule has 2 aromatic rings. The van der Waals surface area contributed by atoms with Crippen molar-refractivity contribution in [3.8, 4) is 5.75 Å². The summed E-state index contributed by atoms with van der Waals surface area (Å²) in [6.07, 6.45) is 1.63. The van der Waals surface area contributed by atoms with Gasteiger partial charge in [0.05, 0.1) is 23.6 Å². The van der Waals surface area contributed by atoms with Crippen LogP contribution >= 0.6 is 0 Å². The predicted molar refractivity (Wildman–Crippen MR) is 73.3 cm³/mol. The Balaban J connectivity index is 1.81. The van der Waals surface area contributed by atoms with Gasteiger partial charge in [0.25, 0.3) is 5.91 Å². The van der Waals surface area contributed by atoms with E-state index in [4.69, 9.17) is 10.5 Å². The van der Waals surface area contributed by atoms with E-state index in [1.807, 2.05) is 11.6 Å². The minimum atomic E-state index is -0.179. The number of amides is 1. The summed E-state index contributed by atoms with van der Waals surface area (Å²) in [4.78, 5) is 11.3. The molecule has 0 bridgehead atoms. The molecule has 0 radical (unpaired) electrons. The van der Waals surface area contributed by atoms with Crippen molar-refractivity contribution in [1.29, 1.82) is 0 Å². The highest BCUT2D eigenvalue weighted by Gasteiger charge is 2.18. The number of nitrogens with two attached hydrogens (primary N) is 1. The summed E-state index contributed by atoms with van der Waals surface area (Å²) in [5.74, 6) is 1.18. The van der Waals surface area contributed by atoms with E-state index in [1.165, 1.54) is 0 Å². The SMILES string of the molecule is Cn1cnnc1CNc1cc2c(cc1N)OCC(=O)N2. The molecule has 2 heterocycles. The summed E-state index contributed by atoms with van der Waals surface area (Å²) in [6.45, 7) is 0.493. The maximum atomic E-state index is 11.3. The molecular formula is C12H14N6O2. The number of rotatable bonds is 3. The van der Waals surface area contributed by atoms with E-state index < -0.39 is 0 Å². The average molecular weight is 274 g/mol. The van der Waals surface area contributed by atoms with Gasteiger partial charge < -0.3 is 25.7 Å². The van der Waals surface area contributed by atoms with Gasteiger partial charge in [-0.3, -0.25) is 4.79 Å². The van der Waals surface area contributed by atoms with Gasteiger partial charge >= 0.3 is 0 Å². The van der Waals surface area contributed by atoms with Crippen LogP contribution in [0.25, 0.3) is 0 Å². The number of nitrogens with zero attached hydrogens (tertiary/aromatic N) is 3. The summed E-state index contributed by atoms with van der Waals surface area (Å²) >= 11 is 0. The van der Waals surface area contributed by atoms with Crippen LogP contribution in [0.5, 0.6) is 5.75 Å². The Morgan fingerprint density at radius 2 is 2.40 bits per heavy atom. The molecule has 104 valence electrons. The predicted octanol–water partition coefficient (Wildman–Crippen LogP) is 0.340. The van der Waals surface area contributed by atoms with Gasteiger partial charge in [-0.25, -0.2) is 0 Å². The molecule has 20 heavy (non-hydrogen) atoms. The van der Waals surface area contributed by atoms with Crippen LogP contribution in [-0.2, 0) is 18.4 Å². The van der Waals surface area contributed by atoms with Crippen molar-refractivity contribution in [2.45, 2.75) is 6.54 Å². The standard InChI is InChI=1S/C12H14N6O2/c1-18-6-15-17-11(18)4-14-8-3-9-10(2-7(8)13)20-5-12(19)16-9/h2-3,6,14H,4-5,13H2,1H3,(H,16,19). The third kappa shape index (κ3) is 2.22. The van der Waals surface area contributed by atoms with E-state index in [2.05, 4.69) is 20.8 Å². The molecule has 3 rings (SSSR count). The lowest BCUT2D eigenvalue weighted by Gasteiger charge is -2.20. The van der Waals surface area contributed by atoms with Crippen molar-refractivity contribution in [3.63, 3.8) is 0 Å². The Morgan fingerprint density at radius 1 is 1.55 bits per heavy atom. The summed E-state index contributed by atoms with van der Waals surface area (Å²) in [5.41, 5.74) is 7.82. The van der Waals surface area contributed by atoms with Gasteiger partial charge in [-0.1, -0.05) is 0 Å². The van der Waals surface area contributed by atoms with Crippen molar-refractivity contribution < 1.29 is 9.53 Å². The number of hydrogen-bond acceptors (Lipinski definition) is 6. The summed E-state index contributed by atoms with van der Waals surface area (Å²) in [7, 11) is 1.86. The first kappa shape index (κ1) is 12.3. The number of ether oxygens (including phenoxy) is 1. The van der Waals surface area contributed by atoms with Crippen molar-refractivity contribution >= 4 is 23.0 Å². The van der Waals surface area contributed by atoms with Crippen molar-refractivity contribution in [3.05, 3.63) is 24.3 Å². The van der Waals surface area contributed by atoms with Crippen LogP contribution in [0.1, 0.15) is 5.82 Å². The second kappa shape index (κ2) is 4.72. The van der Waals surface area contributed by atoms with Crippen LogP contribution in [0.15, 0.2) is 18.5 Å². The Kier molecular flexibility index (Phi) is 2.90. The topological polar surface area (TPSA) is 107 Å². The van der Waals surface area contributed by atoms with E-state index in [-0.39, 0.29) is 12.5 Å². The molecule has 0 saturated heterocycles. The molecule has 4 N–H and O–H groups in total. The maximum Gasteiger partial charge on any atom is 0.262 e. The molecule has 1 aliphatic rings. The van der Waals surface area contributed by atoms with Crippen molar-refractivity contribution in [1.82, 2.24) is 14.8 Å². The largest absolute Gasteiger partial charge is 0.482 e. The second-order valence-electron chi connectivity index (χ2n) is 4.48. The second-order valence-corrected chi connectivity index (χ2v) is 4.48. The summed E-state index contributed by atoms with van der Waals surface area (Å²) in [5, 5.41) is 13.7. The normalized spacial score (nSPS) is 13.3. The van der Waals surface area contributed by atoms with Gasteiger partial charge in [0, 0.05) is 13.1 Å². The van der Waals surface area contributed by atoms with Crippen LogP contribution in [0, 0.1) is 0 Å². The summed E-state index contributed by atoms with van der Waals surface area (Å²) < 4.78 is 7.11. The number of benzene rings is 1. The van der Waals surface area contributed by atoms with Crippen LogP contribution in [0.2, 0.25) is 0 Å². The number of aromatic nitrogens is 3. The Hall–Kier alpha value is -2.77. The molecule has 1 aliphatic heterocycles. The minimum Gasteiger partial charge on any atom is -0.482 e. The molecule has 1 aromatic heterocycles. The fourth-order valence-electron chi connectivity index (χ4n) is 1.94. The number of nitrogen functional groups attached to an aromatic ring is 1. The highest BCUT2D eigenvalue weighted by atomic mass is 16.5. The van der Waals surface area contributed by atoms with Gasteiger partial charge in [-0.2, -0.15) is 0 Å². The molecule has 0 unspecified atom stereocenters. The highest BCUT2D eigenvalue weighted by molar-refractivity contribution is 5.97. The van der Waals surface area contributed by atoms with Gasteiger partial charge in [0.2, 0.25) is 0 Å². The van der Waals surface area contributed by atoms with Crippen LogP contribution < -0.4 is 21.1 Å². The number of fused-ring (bicyclic) bond motifs is 1. The van der Waals surface area contributed by atoms with E-state index in [1.54, 1.807) is 18.5 Å². The number of hydrogen-bond donors (Lipinski definition) is 3. The monoisotopic (exact) mass is 274 g/mol. The van der Waals surface area contributed by atoms with Gasteiger partial charge in [0.1, 0.15) is 12.1 Å². The molecule has 8 nitrogen and oxygen atoms in total. The Morgan fingerprint density at radius 3 is 3.15 bits per heavy atom. The minimum absolute atomic E-state index is 0.0121. The van der Waals surface area contributed by atoms with Gasteiger partial charge in [-0.15, -0.1) is 10.2 Å². The molecule has 1 amide bonds. The fourth-order valence-corrected chi connectivity index (χ4v) is 1.94. The summed E-state index contributed by atoms with van der Waals surface area (Å²) in [6, 6.07) is 3.44. The zero-order valence-electron chi connectivity index (χ0n) is 10.9. The first-order chi connectivity index (χ1) is 9.63. The highest BCUT2D eigenvalue weighted by Crippen LogP contribution is 2.35. The number of aryl methyl sites for hydroxylation is 1. The Labute approximate surface area is 114 Å². The first-order valence-electron chi connectivity index (χ1n) is 6.06. The molecule has 0 spiro atoms. The van der Waals surface area contributed by atoms with Crippen molar-refractivity contribution in [2.75, 3.05) is 23.0 Å². The lowest BCUT2D eigenvalue weighted by molar-refractivity contribution is -0.118. The lowest BCUT2D eigenvalue weighted by atomic mass is 10.2. The van der Waals surface area contributed by atoms with Crippen LogP contribution in [0.3, 0.4) is 0 Å². The number of anilines is 3. The van der Waals surface area contributed by atoms with E-state index in [0.29, 0.717) is 29.4 Å². The third-order valence-electron chi connectivity index (χ3n) is 3.03. The van der Waals surface area contributed by atoms with Gasteiger partial charge in [-0.05, 0) is 6.07 Å². The third-order valence-corrected chi connectivity index (χ3v) is 3.03. The smallest absolute Gasteiger partial charge is 0.262 e. The van der Waals surface area contributed by atoms with Gasteiger partial charge in [0.15, 0.2) is 12.4 Å². The fraction of sp³-hybridized carbons (Fsp3) is 0.250. The lowest BCUT2D eigenvalue weighted by Crippen LogP contribution is -2.25. The number of nitrogens with one attached hydrogen (secondary N) is 2. The number of carbonyl (C=O) groups is 1. The quantitative estimate of drug-likeness (QED) is 0.697. The van der Waals surface area contributed by atoms with Crippen LogP contribution in [-0.4, -0.2) is 27.3 Å². The van der Waals surface area contributed by atoms with Crippen LogP contribution in [0.4, 0.5) is 17.1 Å². The molecule has 8 heteroatoms. The molecule has 0 saturated carbocycles. The number of carbonyl (C=O) groups excluding carboxylic acids is 1. The zero-order chi connectivity index (χ0) is 14.1. The maximum absolute atomic E-state index is 11.3. The van der Waals surface area contributed by atoms with E-state index in [9.17, 15) is 4.79 Å². The Bertz CT molecular complexity index is 666. The first-order valence-corrected chi connectivity index (χ1v) is 6.06. The van der Waals surface area contributed by atoms with Crippen molar-refractivity contribution in [2.24, 2.45) is 7.05 Å². The zero-order valence-corrected chi connectivity index (χ0v) is 10.9. The molecule has 0 fully saturated rings.